The van der Waals surface area contributed by atoms with Crippen molar-refractivity contribution >= 4 is 5.91 Å². The molecule has 1 aromatic carbocycles. The van der Waals surface area contributed by atoms with Crippen LogP contribution >= 0.6 is 0 Å². The van der Waals surface area contributed by atoms with Crippen LogP contribution in [0.5, 0.6) is 5.75 Å². The van der Waals surface area contributed by atoms with Crippen molar-refractivity contribution in [3.8, 4) is 5.75 Å². The van der Waals surface area contributed by atoms with Gasteiger partial charge in [-0.2, -0.15) is 0 Å². The van der Waals surface area contributed by atoms with Crippen molar-refractivity contribution in [3.05, 3.63) is 29.8 Å². The summed E-state index contributed by atoms with van der Waals surface area (Å²) in [5, 5.41) is 3.14. The van der Waals surface area contributed by atoms with Crippen molar-refractivity contribution in [1.82, 2.24) is 5.32 Å². The molecule has 0 unspecified atom stereocenters. The van der Waals surface area contributed by atoms with Crippen LogP contribution in [0.3, 0.4) is 0 Å². The van der Waals surface area contributed by atoms with E-state index in [9.17, 15) is 4.79 Å². The van der Waals surface area contributed by atoms with Crippen LogP contribution in [0, 0.1) is 0 Å². The maximum atomic E-state index is 12.4. The smallest absolute Gasteiger partial charge is 0.255 e. The van der Waals surface area contributed by atoms with E-state index in [1.54, 1.807) is 0 Å². The van der Waals surface area contributed by atoms with E-state index < -0.39 is 0 Å². The van der Waals surface area contributed by atoms with E-state index in [2.05, 4.69) is 5.32 Å². The molecule has 0 aliphatic heterocycles. The normalized spacial score (nSPS) is 16.8. The second-order valence-corrected chi connectivity index (χ2v) is 6.52. The third-order valence-electron chi connectivity index (χ3n) is 3.49. The summed E-state index contributed by atoms with van der Waals surface area (Å²) in [7, 11) is 0. The van der Waals surface area contributed by atoms with Gasteiger partial charge in [-0.3, -0.25) is 4.79 Å². The largest absolute Gasteiger partial charge is 0.487 e. The molecule has 3 heteroatoms. The summed E-state index contributed by atoms with van der Waals surface area (Å²) in [6.07, 6.45) is 5.90. The van der Waals surface area contributed by atoms with E-state index in [4.69, 9.17) is 4.74 Å². The van der Waals surface area contributed by atoms with Crippen LogP contribution in [0.25, 0.3) is 0 Å². The van der Waals surface area contributed by atoms with Crippen molar-refractivity contribution in [2.75, 3.05) is 0 Å². The SMILES string of the molecule is CC(C)(C)Oc1ccccc1C(=O)NC1CCCCC1. The molecule has 1 aromatic rings. The first kappa shape index (κ1) is 14.9. The van der Waals surface area contributed by atoms with Gasteiger partial charge in [0.15, 0.2) is 0 Å². The average molecular weight is 275 g/mol. The van der Waals surface area contributed by atoms with Crippen molar-refractivity contribution in [2.24, 2.45) is 0 Å². The number of nitrogens with one attached hydrogen (secondary N) is 1. The molecule has 0 aromatic heterocycles. The molecule has 1 N–H and O–H groups in total. The lowest BCUT2D eigenvalue weighted by molar-refractivity contribution is 0.0908. The van der Waals surface area contributed by atoms with Crippen LogP contribution in [-0.4, -0.2) is 17.6 Å². The molecule has 0 radical (unpaired) electrons. The molecule has 0 heterocycles. The fourth-order valence-electron chi connectivity index (χ4n) is 2.58. The fraction of sp³-hybridized carbons (Fsp3) is 0.588. The highest BCUT2D eigenvalue weighted by atomic mass is 16.5. The van der Waals surface area contributed by atoms with E-state index in [0.717, 1.165) is 12.8 Å². The lowest BCUT2D eigenvalue weighted by Crippen LogP contribution is -2.36. The average Bonchev–Trinajstić information content (AvgIpc) is 2.38. The quantitative estimate of drug-likeness (QED) is 0.907. The maximum Gasteiger partial charge on any atom is 0.255 e. The number of benzene rings is 1. The summed E-state index contributed by atoms with van der Waals surface area (Å²) in [5.74, 6) is 0.644. The Labute approximate surface area is 121 Å². The minimum Gasteiger partial charge on any atom is -0.487 e. The Morgan fingerprint density at radius 2 is 1.80 bits per heavy atom. The number of ether oxygens (including phenoxy) is 1. The molecule has 0 atom stereocenters. The van der Waals surface area contributed by atoms with Crippen LogP contribution in [0.15, 0.2) is 24.3 Å². The molecule has 1 amide bonds. The van der Waals surface area contributed by atoms with Gasteiger partial charge in [0.25, 0.3) is 5.91 Å². The van der Waals surface area contributed by atoms with E-state index >= 15 is 0 Å². The molecule has 3 nitrogen and oxygen atoms in total. The molecule has 1 saturated carbocycles. The van der Waals surface area contributed by atoms with E-state index in [0.29, 0.717) is 17.4 Å². The van der Waals surface area contributed by atoms with Gasteiger partial charge in [-0.25, -0.2) is 0 Å². The van der Waals surface area contributed by atoms with Gasteiger partial charge >= 0.3 is 0 Å². The molecule has 1 aliphatic carbocycles. The first-order chi connectivity index (χ1) is 9.46. The van der Waals surface area contributed by atoms with Crippen LogP contribution in [0.2, 0.25) is 0 Å². The Morgan fingerprint density at radius 1 is 1.15 bits per heavy atom. The van der Waals surface area contributed by atoms with Gasteiger partial charge in [-0.1, -0.05) is 31.4 Å². The first-order valence-electron chi connectivity index (χ1n) is 7.54. The zero-order chi connectivity index (χ0) is 14.6. The molecular weight excluding hydrogens is 250 g/mol. The molecule has 20 heavy (non-hydrogen) atoms. The summed E-state index contributed by atoms with van der Waals surface area (Å²) in [5.41, 5.74) is 0.328. The number of amides is 1. The Balaban J connectivity index is 2.08. The Morgan fingerprint density at radius 3 is 2.45 bits per heavy atom. The maximum absolute atomic E-state index is 12.4. The topological polar surface area (TPSA) is 38.3 Å². The van der Waals surface area contributed by atoms with Crippen LogP contribution in [0.1, 0.15) is 63.2 Å². The Bertz CT molecular complexity index is 456. The summed E-state index contributed by atoms with van der Waals surface area (Å²) in [4.78, 5) is 12.4. The summed E-state index contributed by atoms with van der Waals surface area (Å²) in [6.45, 7) is 5.97. The van der Waals surface area contributed by atoms with Gasteiger partial charge < -0.3 is 10.1 Å². The molecular formula is C17H25NO2. The summed E-state index contributed by atoms with van der Waals surface area (Å²) in [6, 6.07) is 7.79. The van der Waals surface area contributed by atoms with Crippen molar-refractivity contribution in [1.29, 1.82) is 0 Å². The van der Waals surface area contributed by atoms with Gasteiger partial charge in [0, 0.05) is 6.04 Å². The highest BCUT2D eigenvalue weighted by molar-refractivity contribution is 5.97. The zero-order valence-corrected chi connectivity index (χ0v) is 12.7. The van der Waals surface area contributed by atoms with Gasteiger partial charge in [-0.15, -0.1) is 0 Å². The van der Waals surface area contributed by atoms with Crippen molar-refractivity contribution in [3.63, 3.8) is 0 Å². The third kappa shape index (κ3) is 4.26. The molecule has 2 rings (SSSR count). The number of carbonyl (C=O) groups is 1. The Hall–Kier alpha value is -1.51. The third-order valence-corrected chi connectivity index (χ3v) is 3.49. The first-order valence-corrected chi connectivity index (χ1v) is 7.54. The van der Waals surface area contributed by atoms with Crippen molar-refractivity contribution in [2.45, 2.75) is 64.5 Å². The Kier molecular flexibility index (Phi) is 4.69. The molecule has 110 valence electrons. The fourth-order valence-corrected chi connectivity index (χ4v) is 2.58. The number of para-hydroxylation sites is 1. The minimum atomic E-state index is -0.304. The van der Waals surface area contributed by atoms with Crippen LogP contribution < -0.4 is 10.1 Å². The molecule has 1 aliphatic rings. The number of carbonyl (C=O) groups excluding carboxylic acids is 1. The standard InChI is InChI=1S/C17H25NO2/c1-17(2,3)20-15-12-8-7-11-14(15)16(19)18-13-9-5-4-6-10-13/h7-8,11-13H,4-6,9-10H2,1-3H3,(H,18,19). The zero-order valence-electron chi connectivity index (χ0n) is 12.7. The van der Waals surface area contributed by atoms with E-state index in [1.807, 2.05) is 45.0 Å². The number of hydrogen-bond acceptors (Lipinski definition) is 2. The van der Waals surface area contributed by atoms with Gasteiger partial charge in [0.1, 0.15) is 11.4 Å². The lowest BCUT2D eigenvalue weighted by atomic mass is 9.95. The van der Waals surface area contributed by atoms with E-state index in [1.165, 1.54) is 19.3 Å². The lowest BCUT2D eigenvalue weighted by Gasteiger charge is -2.25. The van der Waals surface area contributed by atoms with Gasteiger partial charge in [0.05, 0.1) is 5.56 Å². The van der Waals surface area contributed by atoms with E-state index in [-0.39, 0.29) is 11.5 Å². The highest BCUT2D eigenvalue weighted by Gasteiger charge is 2.21. The highest BCUT2D eigenvalue weighted by Crippen LogP contribution is 2.24. The van der Waals surface area contributed by atoms with Gasteiger partial charge in [0.2, 0.25) is 0 Å². The second-order valence-electron chi connectivity index (χ2n) is 6.52. The summed E-state index contributed by atoms with van der Waals surface area (Å²) < 4.78 is 5.88. The molecule has 1 fully saturated rings. The summed E-state index contributed by atoms with van der Waals surface area (Å²) >= 11 is 0. The van der Waals surface area contributed by atoms with Crippen LogP contribution in [-0.2, 0) is 0 Å². The second kappa shape index (κ2) is 6.29. The van der Waals surface area contributed by atoms with Crippen molar-refractivity contribution < 1.29 is 9.53 Å². The predicted molar refractivity (Wildman–Crippen MR) is 81.2 cm³/mol. The monoisotopic (exact) mass is 275 g/mol. The molecule has 0 spiro atoms. The van der Waals surface area contributed by atoms with Gasteiger partial charge in [-0.05, 0) is 45.7 Å². The number of hydrogen-bond donors (Lipinski definition) is 1. The number of rotatable bonds is 3. The predicted octanol–water partition coefficient (Wildman–Crippen LogP) is 3.93. The molecule has 0 saturated heterocycles. The molecule has 0 bridgehead atoms. The minimum absolute atomic E-state index is 0.0169. The van der Waals surface area contributed by atoms with Crippen LogP contribution in [0.4, 0.5) is 0 Å².